The average molecular weight is 598 g/mol. The number of hydrogen-bond acceptors (Lipinski definition) is 9. The van der Waals surface area contributed by atoms with Gasteiger partial charge in [-0.15, -0.1) is 0 Å². The lowest BCUT2D eigenvalue weighted by Gasteiger charge is -2.52. The third-order valence-electron chi connectivity index (χ3n) is 9.38. The van der Waals surface area contributed by atoms with Crippen LogP contribution < -0.4 is 11.1 Å². The number of ketones is 4. The van der Waals surface area contributed by atoms with Gasteiger partial charge in [-0.3, -0.25) is 33.7 Å². The minimum absolute atomic E-state index is 0.00767. The van der Waals surface area contributed by atoms with Gasteiger partial charge in [-0.1, -0.05) is 30.3 Å². The summed E-state index contributed by atoms with van der Waals surface area (Å²) in [5.74, 6) is -11.0. The Bertz CT molecular complexity index is 1830. The summed E-state index contributed by atoms with van der Waals surface area (Å²) >= 11 is 0. The molecule has 3 aromatic carbocycles. The van der Waals surface area contributed by atoms with E-state index in [-0.39, 0.29) is 30.1 Å². The molecule has 226 valence electrons. The highest BCUT2D eigenvalue weighted by Crippen LogP contribution is 2.51. The summed E-state index contributed by atoms with van der Waals surface area (Å²) in [6.45, 7) is 1.40. The van der Waals surface area contributed by atoms with Gasteiger partial charge in [-0.05, 0) is 73.1 Å². The van der Waals surface area contributed by atoms with Crippen LogP contribution in [0.25, 0.3) is 21.9 Å². The molecular formula is C33H31N3O8. The van der Waals surface area contributed by atoms with Gasteiger partial charge in [0.05, 0.1) is 17.5 Å². The van der Waals surface area contributed by atoms with Gasteiger partial charge in [-0.2, -0.15) is 0 Å². The summed E-state index contributed by atoms with van der Waals surface area (Å²) in [5.41, 5.74) is 5.11. The molecule has 2 amide bonds. The predicted molar refractivity (Wildman–Crippen MR) is 159 cm³/mol. The Morgan fingerprint density at radius 2 is 1.70 bits per heavy atom. The highest BCUT2D eigenvalue weighted by atomic mass is 16.3. The van der Waals surface area contributed by atoms with E-state index in [0.717, 1.165) is 5.56 Å². The Morgan fingerprint density at radius 1 is 1.00 bits per heavy atom. The smallest absolute Gasteiger partial charge is 0.235 e. The van der Waals surface area contributed by atoms with Crippen LogP contribution in [0.3, 0.4) is 0 Å². The number of nitrogens with zero attached hydrogens (tertiary/aromatic N) is 1. The molecule has 0 heterocycles. The Labute approximate surface area is 252 Å². The van der Waals surface area contributed by atoms with Crippen molar-refractivity contribution < 1.29 is 39.0 Å². The molecule has 0 aromatic heterocycles. The molecule has 44 heavy (non-hydrogen) atoms. The second-order valence-electron chi connectivity index (χ2n) is 12.2. The molecule has 3 aliphatic carbocycles. The van der Waals surface area contributed by atoms with Gasteiger partial charge < -0.3 is 21.3 Å². The number of aliphatic hydroxyl groups is 1. The number of carbonyl (C=O) groups is 6. The SMILES string of the molecule is CC(=O)Nc1cccc(-c2ccc3cc4c(c(O)c3c2)C(=O)C2C(=O)C3(O)C(=O)C(C(N)=O)C(=O)C(N(C)C)C3CC2C4)c1. The Balaban J connectivity index is 1.44. The Kier molecular flexibility index (Phi) is 6.78. The highest BCUT2D eigenvalue weighted by Gasteiger charge is 2.69. The van der Waals surface area contributed by atoms with Crippen LogP contribution in [0.2, 0.25) is 0 Å². The molecule has 0 spiro atoms. The fraction of sp³-hybridized carbons (Fsp3) is 0.333. The third-order valence-corrected chi connectivity index (χ3v) is 9.38. The van der Waals surface area contributed by atoms with E-state index in [0.29, 0.717) is 27.6 Å². The molecule has 11 nitrogen and oxygen atoms in total. The second kappa shape index (κ2) is 10.2. The normalized spacial score (nSPS) is 28.0. The van der Waals surface area contributed by atoms with Crippen LogP contribution in [0.4, 0.5) is 5.69 Å². The number of hydrogen-bond donors (Lipinski definition) is 4. The van der Waals surface area contributed by atoms with Gasteiger partial charge in [0, 0.05) is 23.9 Å². The molecule has 3 aliphatic rings. The van der Waals surface area contributed by atoms with Crippen molar-refractivity contribution in [2.45, 2.75) is 31.4 Å². The van der Waals surface area contributed by atoms with E-state index >= 15 is 0 Å². The number of primary amides is 1. The van der Waals surface area contributed by atoms with Gasteiger partial charge in [0.2, 0.25) is 11.8 Å². The number of nitrogens with one attached hydrogen (secondary N) is 1. The summed E-state index contributed by atoms with van der Waals surface area (Å²) in [7, 11) is 3.09. The summed E-state index contributed by atoms with van der Waals surface area (Å²) in [4.78, 5) is 79.9. The lowest BCUT2D eigenvalue weighted by atomic mass is 9.52. The maximum atomic E-state index is 14.0. The number of phenolic OH excluding ortho intramolecular Hbond substituents is 1. The lowest BCUT2D eigenvalue weighted by Crippen LogP contribution is -2.74. The lowest BCUT2D eigenvalue weighted by molar-refractivity contribution is -0.181. The summed E-state index contributed by atoms with van der Waals surface area (Å²) < 4.78 is 0. The Morgan fingerprint density at radius 3 is 2.36 bits per heavy atom. The first-order valence-corrected chi connectivity index (χ1v) is 14.3. The zero-order valence-electron chi connectivity index (χ0n) is 24.3. The molecule has 6 unspecified atom stereocenters. The topological polar surface area (TPSA) is 184 Å². The van der Waals surface area contributed by atoms with Crippen molar-refractivity contribution in [3.63, 3.8) is 0 Å². The van der Waals surface area contributed by atoms with Crippen molar-refractivity contribution in [1.82, 2.24) is 4.90 Å². The van der Waals surface area contributed by atoms with E-state index in [1.165, 1.54) is 11.8 Å². The number of rotatable bonds is 4. The quantitative estimate of drug-likeness (QED) is 0.325. The first-order valence-electron chi connectivity index (χ1n) is 14.3. The van der Waals surface area contributed by atoms with Crippen LogP contribution in [0.1, 0.15) is 29.3 Å². The number of amides is 2. The first-order chi connectivity index (χ1) is 20.7. The summed E-state index contributed by atoms with van der Waals surface area (Å²) in [6, 6.07) is 13.1. The van der Waals surface area contributed by atoms with E-state index in [1.807, 2.05) is 18.2 Å². The van der Waals surface area contributed by atoms with Crippen LogP contribution in [-0.4, -0.2) is 75.8 Å². The maximum Gasteiger partial charge on any atom is 0.235 e. The molecule has 0 aliphatic heterocycles. The van der Waals surface area contributed by atoms with E-state index in [9.17, 15) is 39.0 Å². The number of fused-ring (bicyclic) bond motifs is 4. The van der Waals surface area contributed by atoms with Gasteiger partial charge >= 0.3 is 0 Å². The molecular weight excluding hydrogens is 566 g/mol. The molecule has 11 heteroatoms. The standard InChI is InChI=1S/C33H31N3O8/c1-14(37)35-20-6-4-5-15(11-20)16-7-8-17-9-18-10-19-13-22-26(36(2)3)29(40)25(32(34)43)31(42)33(22,44)30(41)24(19)28(39)23(18)27(38)21(17)12-16/h4-9,11-12,19,22,24-26,38,44H,10,13H2,1-3H3,(H2,34,43)(H,35,37). The number of nitrogens with two attached hydrogens (primary N) is 1. The minimum atomic E-state index is -2.77. The van der Waals surface area contributed by atoms with E-state index < -0.39 is 64.4 Å². The van der Waals surface area contributed by atoms with Crippen LogP contribution >= 0.6 is 0 Å². The van der Waals surface area contributed by atoms with Crippen molar-refractivity contribution >= 4 is 51.4 Å². The molecule has 6 atom stereocenters. The molecule has 0 bridgehead atoms. The molecule has 6 rings (SSSR count). The largest absolute Gasteiger partial charge is 0.507 e. The van der Waals surface area contributed by atoms with Gasteiger partial charge in [-0.25, -0.2) is 0 Å². The van der Waals surface area contributed by atoms with Crippen LogP contribution in [-0.2, 0) is 30.4 Å². The second-order valence-corrected chi connectivity index (χ2v) is 12.2. The molecule has 5 N–H and O–H groups in total. The van der Waals surface area contributed by atoms with Crippen molar-refractivity contribution in [3.05, 3.63) is 59.7 Å². The molecule has 3 aromatic rings. The van der Waals surface area contributed by atoms with Crippen LogP contribution in [0.5, 0.6) is 5.75 Å². The molecule has 2 fully saturated rings. The highest BCUT2D eigenvalue weighted by molar-refractivity contribution is 6.32. The Hall–Kier alpha value is -4.74. The fourth-order valence-corrected chi connectivity index (χ4v) is 7.53. The average Bonchev–Trinajstić information content (AvgIpc) is 2.94. The number of Topliss-reactive ketones (excluding diaryl/α,β-unsaturated/α-hetero) is 4. The van der Waals surface area contributed by atoms with Crippen molar-refractivity contribution in [2.24, 2.45) is 29.4 Å². The van der Waals surface area contributed by atoms with Gasteiger partial charge in [0.25, 0.3) is 0 Å². The number of likely N-dealkylation sites (N-methyl/N-ethyl adjacent to an activating group) is 1. The van der Waals surface area contributed by atoms with Crippen molar-refractivity contribution in [2.75, 3.05) is 19.4 Å². The van der Waals surface area contributed by atoms with Crippen molar-refractivity contribution in [3.8, 4) is 16.9 Å². The molecule has 2 saturated carbocycles. The van der Waals surface area contributed by atoms with E-state index in [4.69, 9.17) is 5.73 Å². The van der Waals surface area contributed by atoms with E-state index in [2.05, 4.69) is 5.32 Å². The predicted octanol–water partition coefficient (Wildman–Crippen LogP) is 1.65. The number of carbonyl (C=O) groups excluding carboxylic acids is 6. The van der Waals surface area contributed by atoms with Gasteiger partial charge in [0.1, 0.15) is 5.75 Å². The molecule has 0 radical (unpaired) electrons. The van der Waals surface area contributed by atoms with E-state index in [1.54, 1.807) is 44.4 Å². The number of benzene rings is 3. The zero-order chi connectivity index (χ0) is 31.8. The zero-order valence-corrected chi connectivity index (χ0v) is 24.3. The number of aromatic hydroxyl groups is 1. The van der Waals surface area contributed by atoms with Gasteiger partial charge in [0.15, 0.2) is 34.7 Å². The summed E-state index contributed by atoms with van der Waals surface area (Å²) in [5, 5.41) is 27.0. The fourth-order valence-electron chi connectivity index (χ4n) is 7.53. The first kappa shape index (κ1) is 29.3. The third kappa shape index (κ3) is 4.18. The number of phenols is 1. The number of anilines is 1. The van der Waals surface area contributed by atoms with Crippen molar-refractivity contribution in [1.29, 1.82) is 0 Å². The monoisotopic (exact) mass is 597 g/mol. The summed E-state index contributed by atoms with van der Waals surface area (Å²) in [6.07, 6.45) is 0.183. The molecule has 0 saturated heterocycles. The minimum Gasteiger partial charge on any atom is -0.507 e. The van der Waals surface area contributed by atoms with Crippen LogP contribution in [0, 0.1) is 23.7 Å². The maximum absolute atomic E-state index is 14.0. The van der Waals surface area contributed by atoms with Crippen LogP contribution in [0.15, 0.2) is 48.5 Å².